The number of methoxy groups -OCH3 is 1. The predicted octanol–water partition coefficient (Wildman–Crippen LogP) is 4.76. The van der Waals surface area contributed by atoms with E-state index in [9.17, 15) is 9.59 Å². The molecule has 2 rings (SSSR count). The molecule has 0 aromatic heterocycles. The Morgan fingerprint density at radius 3 is 2.33 bits per heavy atom. The summed E-state index contributed by atoms with van der Waals surface area (Å²) in [5, 5.41) is 7.45. The van der Waals surface area contributed by atoms with Crippen LogP contribution in [-0.4, -0.2) is 45.1 Å². The normalized spacial score (nSPS) is 10.2. The third kappa shape index (κ3) is 9.19. The molecule has 0 aliphatic rings. The van der Waals surface area contributed by atoms with E-state index >= 15 is 0 Å². The molecular formula is C26H31NO6. The van der Waals surface area contributed by atoms with E-state index in [2.05, 4.69) is 6.58 Å². The maximum atomic E-state index is 12.3. The van der Waals surface area contributed by atoms with E-state index in [0.29, 0.717) is 42.3 Å². The van der Waals surface area contributed by atoms with Crippen LogP contribution in [0.1, 0.15) is 47.2 Å². The minimum atomic E-state index is -0.389. The van der Waals surface area contributed by atoms with E-state index in [1.54, 1.807) is 37.4 Å². The fraction of sp³-hybridized carbons (Fsp3) is 0.346. The molecule has 7 nitrogen and oxygen atoms in total. The van der Waals surface area contributed by atoms with Crippen molar-refractivity contribution in [2.45, 2.75) is 32.1 Å². The molecule has 0 heterocycles. The summed E-state index contributed by atoms with van der Waals surface area (Å²) < 4.78 is 21.2. The average Bonchev–Trinajstić information content (AvgIpc) is 2.85. The maximum absolute atomic E-state index is 12.3. The van der Waals surface area contributed by atoms with Crippen LogP contribution in [-0.2, 0) is 20.7 Å². The Morgan fingerprint density at radius 1 is 0.939 bits per heavy atom. The van der Waals surface area contributed by atoms with Gasteiger partial charge in [-0.2, -0.15) is 0 Å². The molecule has 0 bridgehead atoms. The quantitative estimate of drug-likeness (QED) is 0.181. The molecule has 1 N–H and O–H groups in total. The molecule has 2 aromatic rings. The molecule has 0 fully saturated rings. The van der Waals surface area contributed by atoms with Gasteiger partial charge in [0.2, 0.25) is 0 Å². The highest BCUT2D eigenvalue weighted by molar-refractivity contribution is 5.89. The van der Waals surface area contributed by atoms with Crippen molar-refractivity contribution in [2.24, 2.45) is 0 Å². The van der Waals surface area contributed by atoms with Gasteiger partial charge in [0.1, 0.15) is 11.5 Å². The summed E-state index contributed by atoms with van der Waals surface area (Å²) >= 11 is 0. The SMILES string of the molecule is C=CC(=O)OCCCCCCOc1ccc(C(=O)OCCc2ccc(OC)c(C=N)c2)cc1. The monoisotopic (exact) mass is 453 g/mol. The molecule has 0 aliphatic heterocycles. The van der Waals surface area contributed by atoms with Crippen molar-refractivity contribution < 1.29 is 28.5 Å². The molecule has 0 aliphatic carbocycles. The topological polar surface area (TPSA) is 94.9 Å². The van der Waals surface area contributed by atoms with Crippen LogP contribution in [0.25, 0.3) is 0 Å². The number of ether oxygens (including phenoxy) is 4. The molecule has 33 heavy (non-hydrogen) atoms. The summed E-state index contributed by atoms with van der Waals surface area (Å²) in [5.41, 5.74) is 2.11. The first kappa shape index (κ1) is 25.6. The minimum Gasteiger partial charge on any atom is -0.496 e. The number of esters is 2. The first-order valence-corrected chi connectivity index (χ1v) is 10.9. The van der Waals surface area contributed by atoms with Crippen molar-refractivity contribution in [3.63, 3.8) is 0 Å². The van der Waals surface area contributed by atoms with Gasteiger partial charge < -0.3 is 24.4 Å². The molecule has 0 unspecified atom stereocenters. The molecular weight excluding hydrogens is 422 g/mol. The van der Waals surface area contributed by atoms with Crippen LogP contribution in [0, 0.1) is 5.41 Å². The lowest BCUT2D eigenvalue weighted by Gasteiger charge is -2.09. The van der Waals surface area contributed by atoms with Crippen molar-refractivity contribution >= 4 is 18.2 Å². The van der Waals surface area contributed by atoms with E-state index in [4.69, 9.17) is 24.4 Å². The van der Waals surface area contributed by atoms with Crippen molar-refractivity contribution in [3.05, 3.63) is 71.8 Å². The number of hydrogen-bond acceptors (Lipinski definition) is 7. The van der Waals surface area contributed by atoms with Gasteiger partial charge >= 0.3 is 11.9 Å². The molecule has 0 atom stereocenters. The lowest BCUT2D eigenvalue weighted by Crippen LogP contribution is -2.08. The number of benzene rings is 2. The molecule has 0 radical (unpaired) electrons. The van der Waals surface area contributed by atoms with Gasteiger partial charge in [0.15, 0.2) is 0 Å². The van der Waals surface area contributed by atoms with E-state index in [-0.39, 0.29) is 18.5 Å². The number of carbonyl (C=O) groups excluding carboxylic acids is 2. The third-order valence-corrected chi connectivity index (χ3v) is 4.88. The Hall–Kier alpha value is -3.61. The van der Waals surface area contributed by atoms with Crippen LogP contribution < -0.4 is 9.47 Å². The second kappa shape index (κ2) is 14.5. The van der Waals surface area contributed by atoms with E-state index in [0.717, 1.165) is 37.3 Å². The lowest BCUT2D eigenvalue weighted by atomic mass is 10.1. The van der Waals surface area contributed by atoms with Crippen molar-refractivity contribution in [2.75, 3.05) is 26.9 Å². The van der Waals surface area contributed by atoms with E-state index in [1.807, 2.05) is 12.1 Å². The predicted molar refractivity (Wildman–Crippen MR) is 126 cm³/mol. The fourth-order valence-corrected chi connectivity index (χ4v) is 3.06. The summed E-state index contributed by atoms with van der Waals surface area (Å²) in [6, 6.07) is 12.4. The Labute approximate surface area is 194 Å². The van der Waals surface area contributed by atoms with Gasteiger partial charge in [0.25, 0.3) is 0 Å². The molecule has 0 saturated heterocycles. The Bertz CT molecular complexity index is 923. The van der Waals surface area contributed by atoms with Crippen LogP contribution in [0.3, 0.4) is 0 Å². The van der Waals surface area contributed by atoms with Gasteiger partial charge in [0, 0.05) is 24.3 Å². The lowest BCUT2D eigenvalue weighted by molar-refractivity contribution is -0.137. The highest BCUT2D eigenvalue weighted by Gasteiger charge is 2.08. The zero-order chi connectivity index (χ0) is 23.9. The van der Waals surface area contributed by atoms with Gasteiger partial charge in [-0.15, -0.1) is 0 Å². The first-order valence-electron chi connectivity index (χ1n) is 10.9. The van der Waals surface area contributed by atoms with Crippen molar-refractivity contribution in [1.82, 2.24) is 0 Å². The number of unbranched alkanes of at least 4 members (excludes halogenated alkanes) is 3. The van der Waals surface area contributed by atoms with Gasteiger partial charge in [-0.3, -0.25) is 0 Å². The zero-order valence-electron chi connectivity index (χ0n) is 19.0. The summed E-state index contributed by atoms with van der Waals surface area (Å²) in [5.74, 6) is 0.559. The van der Waals surface area contributed by atoms with Gasteiger partial charge in [-0.25, -0.2) is 9.59 Å². The van der Waals surface area contributed by atoms with Gasteiger partial charge in [-0.05, 0) is 67.6 Å². The fourth-order valence-electron chi connectivity index (χ4n) is 3.06. The number of rotatable bonds is 15. The maximum Gasteiger partial charge on any atom is 0.338 e. The van der Waals surface area contributed by atoms with Crippen LogP contribution in [0.15, 0.2) is 55.1 Å². The van der Waals surface area contributed by atoms with Crippen LogP contribution in [0.4, 0.5) is 0 Å². The summed E-state index contributed by atoms with van der Waals surface area (Å²) in [7, 11) is 1.56. The summed E-state index contributed by atoms with van der Waals surface area (Å²) in [4.78, 5) is 23.2. The Morgan fingerprint density at radius 2 is 1.67 bits per heavy atom. The largest absolute Gasteiger partial charge is 0.496 e. The third-order valence-electron chi connectivity index (χ3n) is 4.88. The molecule has 2 aromatic carbocycles. The molecule has 0 amide bonds. The second-order valence-corrected chi connectivity index (χ2v) is 7.27. The highest BCUT2D eigenvalue weighted by atomic mass is 16.5. The Kier molecular flexibility index (Phi) is 11.2. The van der Waals surface area contributed by atoms with Crippen molar-refractivity contribution in [1.29, 1.82) is 5.41 Å². The molecule has 7 heteroatoms. The van der Waals surface area contributed by atoms with Gasteiger partial charge in [0.05, 0.1) is 32.5 Å². The smallest absolute Gasteiger partial charge is 0.338 e. The average molecular weight is 454 g/mol. The number of hydrogen-bond donors (Lipinski definition) is 1. The van der Waals surface area contributed by atoms with E-state index in [1.165, 1.54) is 6.21 Å². The second-order valence-electron chi connectivity index (χ2n) is 7.27. The standard InChI is InChI=1S/C26H31NO6/c1-3-25(28)32-16-7-5-4-6-15-31-23-11-9-21(10-12-23)26(29)33-17-14-20-8-13-24(30-2)22(18-20)19-27/h3,8-13,18-19,27H,1,4-7,14-17H2,2H3. The van der Waals surface area contributed by atoms with E-state index < -0.39 is 0 Å². The molecule has 0 spiro atoms. The van der Waals surface area contributed by atoms with Gasteiger partial charge in [-0.1, -0.05) is 12.6 Å². The van der Waals surface area contributed by atoms with Crippen LogP contribution >= 0.6 is 0 Å². The number of carbonyl (C=O) groups is 2. The molecule has 0 saturated carbocycles. The minimum absolute atomic E-state index is 0.244. The zero-order valence-corrected chi connectivity index (χ0v) is 19.0. The molecule has 176 valence electrons. The first-order chi connectivity index (χ1) is 16.1. The van der Waals surface area contributed by atoms with Crippen LogP contribution in [0.5, 0.6) is 11.5 Å². The number of nitrogens with one attached hydrogen (secondary N) is 1. The highest BCUT2D eigenvalue weighted by Crippen LogP contribution is 2.18. The summed E-state index contributed by atoms with van der Waals surface area (Å²) in [6.07, 6.45) is 6.60. The van der Waals surface area contributed by atoms with Crippen LogP contribution in [0.2, 0.25) is 0 Å². The summed E-state index contributed by atoms with van der Waals surface area (Å²) in [6.45, 7) is 4.59. The van der Waals surface area contributed by atoms with Crippen molar-refractivity contribution in [3.8, 4) is 11.5 Å². The Balaban J connectivity index is 1.64.